The summed E-state index contributed by atoms with van der Waals surface area (Å²) in [6.07, 6.45) is 5.86. The molecule has 0 aliphatic heterocycles. The number of hydrogen-bond donors (Lipinski definition) is 0. The minimum absolute atomic E-state index is 0. The van der Waals surface area contributed by atoms with Crippen molar-refractivity contribution >= 4 is 0 Å². The van der Waals surface area contributed by atoms with Crippen LogP contribution in [0.4, 0.5) is 0 Å². The van der Waals surface area contributed by atoms with E-state index in [0.29, 0.717) is 0 Å². The van der Waals surface area contributed by atoms with Crippen LogP contribution in [0.2, 0.25) is 0 Å². The number of hydrogen-bond acceptors (Lipinski definition) is 0. The molecule has 0 spiro atoms. The minimum atomic E-state index is 0. The standard InChI is InChI=1S/C8H11.2ClH.Ti/c1-3-8-5-4-7(2)6-8;;;/h4,6,8H,3H2,1-2H3;2*1H;/q;;;+2/p-2. The van der Waals surface area contributed by atoms with Gasteiger partial charge in [-0.15, -0.1) is 0 Å². The third-order valence-corrected chi connectivity index (χ3v) is 2.49. The molecule has 0 radical (unpaired) electrons. The minimum Gasteiger partial charge on any atom is -1.00 e. The summed E-state index contributed by atoms with van der Waals surface area (Å²) in [5.41, 5.74) is 1.43. The smallest absolute Gasteiger partial charge is 1.00 e. The normalized spacial score (nSPS) is 21.3. The van der Waals surface area contributed by atoms with Crippen LogP contribution in [0.3, 0.4) is 0 Å². The molecule has 0 amide bonds. The molecule has 0 aromatic rings. The molecule has 3 heteroatoms. The van der Waals surface area contributed by atoms with E-state index in [4.69, 9.17) is 0 Å². The van der Waals surface area contributed by atoms with Crippen molar-refractivity contribution in [3.8, 4) is 0 Å². The Morgan fingerprint density at radius 3 is 2.18 bits per heavy atom. The van der Waals surface area contributed by atoms with Crippen LogP contribution in [0.5, 0.6) is 0 Å². The second-order valence-electron chi connectivity index (χ2n) is 2.53. The second-order valence-corrected chi connectivity index (χ2v) is 3.43. The van der Waals surface area contributed by atoms with Crippen LogP contribution in [0.1, 0.15) is 20.3 Å². The third kappa shape index (κ3) is 3.80. The van der Waals surface area contributed by atoms with Crippen LogP contribution in [-0.4, -0.2) is 0 Å². The maximum atomic E-state index is 2.34. The molecule has 1 rings (SSSR count). The molecule has 1 atom stereocenters. The monoisotopic (exact) mass is 225 g/mol. The Morgan fingerprint density at radius 2 is 2.00 bits per heavy atom. The van der Waals surface area contributed by atoms with E-state index >= 15 is 0 Å². The van der Waals surface area contributed by atoms with Crippen LogP contribution in [0.15, 0.2) is 21.6 Å². The summed E-state index contributed by atoms with van der Waals surface area (Å²) in [5.74, 6) is 0.741. The topological polar surface area (TPSA) is 0 Å². The summed E-state index contributed by atoms with van der Waals surface area (Å²) < 4.78 is 1.52. The summed E-state index contributed by atoms with van der Waals surface area (Å²) in [4.78, 5) is 0. The van der Waals surface area contributed by atoms with Gasteiger partial charge < -0.3 is 24.8 Å². The van der Waals surface area contributed by atoms with Gasteiger partial charge in [0.25, 0.3) is 0 Å². The van der Waals surface area contributed by atoms with E-state index < -0.39 is 0 Å². The van der Waals surface area contributed by atoms with E-state index in [1.165, 1.54) is 15.9 Å². The first-order valence-corrected chi connectivity index (χ1v) is 4.13. The van der Waals surface area contributed by atoms with E-state index in [2.05, 4.69) is 46.4 Å². The average molecular weight is 226 g/mol. The molecule has 61 valence electrons. The molecule has 1 aliphatic carbocycles. The Balaban J connectivity index is 0. The summed E-state index contributed by atoms with van der Waals surface area (Å²) in [6, 6.07) is 0. The first-order chi connectivity index (χ1) is 4.24. The molecule has 0 fully saturated rings. The van der Waals surface area contributed by atoms with Crippen molar-refractivity contribution in [1.82, 2.24) is 0 Å². The fourth-order valence-corrected chi connectivity index (χ4v) is 1.95. The molecule has 11 heavy (non-hydrogen) atoms. The molecule has 1 aliphatic rings. The number of allylic oxidation sites excluding steroid dienone is 4. The molecule has 0 saturated carbocycles. The summed E-state index contributed by atoms with van der Waals surface area (Å²) in [5, 5.41) is 0. The first-order valence-electron chi connectivity index (χ1n) is 3.35. The predicted octanol–water partition coefficient (Wildman–Crippen LogP) is -3.59. The predicted molar refractivity (Wildman–Crippen MR) is 35.6 cm³/mol. The first kappa shape index (κ1) is 14.3. The van der Waals surface area contributed by atoms with Gasteiger partial charge in [0.05, 0.1) is 0 Å². The van der Waals surface area contributed by atoms with Crippen LogP contribution in [0.25, 0.3) is 0 Å². The van der Waals surface area contributed by atoms with Crippen molar-refractivity contribution in [2.24, 2.45) is 5.92 Å². The summed E-state index contributed by atoms with van der Waals surface area (Å²) in [7, 11) is 0. The van der Waals surface area contributed by atoms with Gasteiger partial charge >= 0.3 is 68.2 Å². The quantitative estimate of drug-likeness (QED) is 0.405. The Labute approximate surface area is 92.7 Å². The molecule has 0 nitrogen and oxygen atoms in total. The van der Waals surface area contributed by atoms with Crippen molar-refractivity contribution in [2.75, 3.05) is 0 Å². The molecule has 0 aromatic carbocycles. The third-order valence-electron chi connectivity index (χ3n) is 1.69. The van der Waals surface area contributed by atoms with Crippen molar-refractivity contribution in [2.45, 2.75) is 20.3 Å². The van der Waals surface area contributed by atoms with Gasteiger partial charge in [-0.05, 0) is 0 Å². The van der Waals surface area contributed by atoms with E-state index in [1.54, 1.807) is 0 Å². The SMILES string of the molecule is CCC1C=C(C)C=[C]1[Ti+2].[Cl-].[Cl-]. The van der Waals surface area contributed by atoms with E-state index in [9.17, 15) is 0 Å². The van der Waals surface area contributed by atoms with Gasteiger partial charge in [0.1, 0.15) is 0 Å². The summed E-state index contributed by atoms with van der Waals surface area (Å²) >= 11 is 2.21. The van der Waals surface area contributed by atoms with Gasteiger partial charge in [0.15, 0.2) is 0 Å². The Bertz CT molecular complexity index is 173. The molecule has 0 bridgehead atoms. The number of halogens is 2. The fraction of sp³-hybridized carbons (Fsp3) is 0.500. The molecule has 0 heterocycles. The van der Waals surface area contributed by atoms with Gasteiger partial charge in [-0.2, -0.15) is 0 Å². The van der Waals surface area contributed by atoms with E-state index in [-0.39, 0.29) is 24.8 Å². The second kappa shape index (κ2) is 6.31. The molecular weight excluding hydrogens is 215 g/mol. The van der Waals surface area contributed by atoms with Crippen molar-refractivity contribution < 1.29 is 45.2 Å². The molecule has 0 aromatic heterocycles. The average Bonchev–Trinajstić information content (AvgIpc) is 2.10. The Morgan fingerprint density at radius 1 is 1.45 bits per heavy atom. The zero-order chi connectivity index (χ0) is 6.85. The summed E-state index contributed by atoms with van der Waals surface area (Å²) in [6.45, 7) is 4.40. The van der Waals surface area contributed by atoms with Crippen molar-refractivity contribution in [1.29, 1.82) is 0 Å². The van der Waals surface area contributed by atoms with Crippen molar-refractivity contribution in [3.05, 3.63) is 21.6 Å². The van der Waals surface area contributed by atoms with Gasteiger partial charge in [-0.3, -0.25) is 0 Å². The molecular formula is C8H11Cl2Ti. The van der Waals surface area contributed by atoms with Crippen molar-refractivity contribution in [3.63, 3.8) is 0 Å². The van der Waals surface area contributed by atoms with E-state index in [0.717, 1.165) is 5.92 Å². The Hall–Kier alpha value is 0.774. The van der Waals surface area contributed by atoms with Gasteiger partial charge in [0, 0.05) is 0 Å². The van der Waals surface area contributed by atoms with Crippen LogP contribution < -0.4 is 24.8 Å². The van der Waals surface area contributed by atoms with Crippen LogP contribution >= 0.6 is 0 Å². The fourth-order valence-electron chi connectivity index (χ4n) is 1.15. The maximum absolute atomic E-state index is 2.34. The Kier molecular flexibility index (Phi) is 8.20. The maximum Gasteiger partial charge on any atom is -1.00 e. The zero-order valence-corrected chi connectivity index (χ0v) is 9.77. The van der Waals surface area contributed by atoms with Crippen LogP contribution in [0, 0.1) is 5.92 Å². The molecule has 0 N–H and O–H groups in total. The molecule has 1 unspecified atom stereocenters. The van der Waals surface area contributed by atoms with Crippen LogP contribution in [-0.2, 0) is 20.4 Å². The van der Waals surface area contributed by atoms with Gasteiger partial charge in [-0.1, -0.05) is 0 Å². The van der Waals surface area contributed by atoms with E-state index in [1.807, 2.05) is 0 Å². The largest absolute Gasteiger partial charge is 1.00 e. The van der Waals surface area contributed by atoms with Gasteiger partial charge in [-0.25, -0.2) is 0 Å². The molecule has 0 saturated heterocycles. The zero-order valence-electron chi connectivity index (χ0n) is 6.70. The van der Waals surface area contributed by atoms with Gasteiger partial charge in [0.2, 0.25) is 0 Å². The number of rotatable bonds is 1.